The van der Waals surface area contributed by atoms with Crippen LogP contribution in [0.1, 0.15) is 48.2 Å². The third-order valence-corrected chi connectivity index (χ3v) is 8.08. The molecule has 2 aromatic carbocycles. The van der Waals surface area contributed by atoms with Crippen LogP contribution in [-0.4, -0.2) is 43.8 Å². The Hall–Kier alpha value is -2.85. The van der Waals surface area contributed by atoms with Gasteiger partial charge in [0, 0.05) is 19.2 Å². The van der Waals surface area contributed by atoms with Gasteiger partial charge in [-0.05, 0) is 74.9 Å². The van der Waals surface area contributed by atoms with Crippen LogP contribution in [0.25, 0.3) is 0 Å². The van der Waals surface area contributed by atoms with Crippen molar-refractivity contribution in [3.05, 3.63) is 58.7 Å². The van der Waals surface area contributed by atoms with E-state index in [1.807, 2.05) is 0 Å². The molecule has 1 saturated heterocycles. The monoisotopic (exact) mass is 494 g/mol. The van der Waals surface area contributed by atoms with E-state index in [4.69, 9.17) is 4.74 Å². The van der Waals surface area contributed by atoms with E-state index in [1.165, 1.54) is 23.4 Å². The second kappa shape index (κ2) is 10.2. The summed E-state index contributed by atoms with van der Waals surface area (Å²) in [6.07, 6.45) is 0.211. The Morgan fingerprint density at radius 3 is 2.38 bits per heavy atom. The quantitative estimate of drug-likeness (QED) is 0.608. The van der Waals surface area contributed by atoms with E-state index >= 15 is 0 Å². The number of ether oxygens (including phenoxy) is 1. The van der Waals surface area contributed by atoms with Crippen molar-refractivity contribution in [1.82, 2.24) is 4.31 Å². The van der Waals surface area contributed by atoms with Gasteiger partial charge in [-0.25, -0.2) is 22.0 Å². The molecule has 1 aliphatic rings. The van der Waals surface area contributed by atoms with Gasteiger partial charge in [-0.3, -0.25) is 4.79 Å². The molecule has 1 fully saturated rings. The van der Waals surface area contributed by atoms with Crippen LogP contribution in [0.5, 0.6) is 0 Å². The molecule has 1 unspecified atom stereocenters. The van der Waals surface area contributed by atoms with Gasteiger partial charge in [-0.2, -0.15) is 4.31 Å². The lowest BCUT2D eigenvalue weighted by molar-refractivity contribution is -0.123. The van der Waals surface area contributed by atoms with Gasteiger partial charge in [0.25, 0.3) is 5.91 Å². The van der Waals surface area contributed by atoms with E-state index in [0.29, 0.717) is 36.2 Å². The molecule has 1 amide bonds. The Labute approximate surface area is 198 Å². The van der Waals surface area contributed by atoms with Crippen molar-refractivity contribution in [2.24, 2.45) is 5.92 Å². The Bertz CT molecular complexity index is 1210. The number of nitrogens with one attached hydrogen (secondary N) is 1. The number of carbonyl (C=O) groups is 2. The highest BCUT2D eigenvalue weighted by Gasteiger charge is 2.31. The SMILES string of the molecule is Cc1cc(C(=O)OC(C)C(=O)Nc2ccc(F)cc2F)cc(S(=O)(=O)N2CCC(C)CC2)c1C. The predicted octanol–water partition coefficient (Wildman–Crippen LogP) is 4.19. The summed E-state index contributed by atoms with van der Waals surface area (Å²) < 4.78 is 60.0. The molecule has 0 radical (unpaired) electrons. The molecular formula is C24H28F2N2O5S. The van der Waals surface area contributed by atoms with Crippen molar-refractivity contribution in [3.8, 4) is 0 Å². The number of piperidine rings is 1. The van der Waals surface area contributed by atoms with E-state index in [0.717, 1.165) is 25.0 Å². The van der Waals surface area contributed by atoms with Crippen LogP contribution < -0.4 is 5.32 Å². The smallest absolute Gasteiger partial charge is 0.338 e. The second-order valence-corrected chi connectivity index (χ2v) is 10.6. The first-order chi connectivity index (χ1) is 15.9. The Morgan fingerprint density at radius 1 is 1.12 bits per heavy atom. The summed E-state index contributed by atoms with van der Waals surface area (Å²) in [5.41, 5.74) is 0.848. The Balaban J connectivity index is 1.78. The second-order valence-electron chi connectivity index (χ2n) is 8.66. The highest BCUT2D eigenvalue weighted by atomic mass is 32.2. The average Bonchev–Trinajstić information content (AvgIpc) is 2.77. The Morgan fingerprint density at radius 2 is 1.76 bits per heavy atom. The number of hydrogen-bond donors (Lipinski definition) is 1. The van der Waals surface area contributed by atoms with Gasteiger partial charge in [-0.15, -0.1) is 0 Å². The molecule has 0 aromatic heterocycles. The van der Waals surface area contributed by atoms with Crippen LogP contribution in [0.2, 0.25) is 0 Å². The van der Waals surface area contributed by atoms with Crippen LogP contribution >= 0.6 is 0 Å². The fourth-order valence-corrected chi connectivity index (χ4v) is 5.48. The summed E-state index contributed by atoms with van der Waals surface area (Å²) in [5, 5.41) is 2.24. The third kappa shape index (κ3) is 5.61. The number of benzene rings is 2. The molecule has 1 atom stereocenters. The fourth-order valence-electron chi connectivity index (χ4n) is 3.68. The number of nitrogens with zero attached hydrogens (tertiary/aromatic N) is 1. The van der Waals surface area contributed by atoms with Crippen LogP contribution in [0, 0.1) is 31.4 Å². The van der Waals surface area contributed by atoms with Crippen molar-refractivity contribution in [1.29, 1.82) is 0 Å². The maximum atomic E-state index is 13.8. The number of esters is 1. The van der Waals surface area contributed by atoms with Gasteiger partial charge in [-0.1, -0.05) is 6.92 Å². The highest BCUT2D eigenvalue weighted by molar-refractivity contribution is 7.89. The first-order valence-corrected chi connectivity index (χ1v) is 12.4. The normalized spacial score (nSPS) is 16.2. The molecule has 1 aliphatic heterocycles. The summed E-state index contributed by atoms with van der Waals surface area (Å²) in [4.78, 5) is 25.1. The number of carbonyl (C=O) groups excluding carboxylic acids is 2. The lowest BCUT2D eigenvalue weighted by Gasteiger charge is -2.30. The Kier molecular flexibility index (Phi) is 7.72. The molecule has 34 heavy (non-hydrogen) atoms. The molecule has 0 aliphatic carbocycles. The number of amides is 1. The van der Waals surface area contributed by atoms with Crippen molar-refractivity contribution >= 4 is 27.6 Å². The van der Waals surface area contributed by atoms with Gasteiger partial charge in [0.1, 0.15) is 11.6 Å². The zero-order chi connectivity index (χ0) is 25.2. The molecule has 0 spiro atoms. The summed E-state index contributed by atoms with van der Waals surface area (Å²) in [6, 6.07) is 5.42. The largest absolute Gasteiger partial charge is 0.449 e. The van der Waals surface area contributed by atoms with E-state index in [2.05, 4.69) is 12.2 Å². The average molecular weight is 495 g/mol. The summed E-state index contributed by atoms with van der Waals surface area (Å²) >= 11 is 0. The van der Waals surface area contributed by atoms with Gasteiger partial charge in [0.15, 0.2) is 6.10 Å². The van der Waals surface area contributed by atoms with E-state index in [-0.39, 0.29) is 16.1 Å². The van der Waals surface area contributed by atoms with Crippen molar-refractivity contribution in [2.45, 2.75) is 51.5 Å². The number of anilines is 1. The third-order valence-electron chi connectivity index (χ3n) is 6.06. The number of halogens is 2. The van der Waals surface area contributed by atoms with Gasteiger partial charge < -0.3 is 10.1 Å². The maximum Gasteiger partial charge on any atom is 0.338 e. The van der Waals surface area contributed by atoms with E-state index in [1.54, 1.807) is 13.8 Å². The van der Waals surface area contributed by atoms with Crippen LogP contribution in [0.3, 0.4) is 0 Å². The van der Waals surface area contributed by atoms with Crippen LogP contribution in [0.15, 0.2) is 35.2 Å². The van der Waals surface area contributed by atoms with Gasteiger partial charge >= 0.3 is 5.97 Å². The minimum Gasteiger partial charge on any atom is -0.449 e. The minimum atomic E-state index is -3.81. The zero-order valence-electron chi connectivity index (χ0n) is 19.5. The fraction of sp³-hybridized carbons (Fsp3) is 0.417. The van der Waals surface area contributed by atoms with Crippen molar-refractivity contribution in [3.63, 3.8) is 0 Å². The molecule has 1 heterocycles. The van der Waals surface area contributed by atoms with Crippen LogP contribution in [-0.2, 0) is 19.6 Å². The molecule has 1 N–H and O–H groups in total. The summed E-state index contributed by atoms with van der Waals surface area (Å²) in [6.45, 7) is 7.57. The number of aryl methyl sites for hydroxylation is 1. The number of hydrogen-bond acceptors (Lipinski definition) is 5. The highest BCUT2D eigenvalue weighted by Crippen LogP contribution is 2.28. The molecule has 7 nitrogen and oxygen atoms in total. The first-order valence-electron chi connectivity index (χ1n) is 11.0. The molecular weight excluding hydrogens is 466 g/mol. The van der Waals surface area contributed by atoms with Crippen molar-refractivity contribution < 1.29 is 31.5 Å². The molecule has 3 rings (SSSR count). The topological polar surface area (TPSA) is 92.8 Å². The standard InChI is InChI=1S/C24H28F2N2O5S/c1-14-7-9-28(10-8-14)34(31,32)22-12-18(11-15(2)16(22)3)24(30)33-17(4)23(29)27-21-6-5-19(25)13-20(21)26/h5-6,11-14,17H,7-10H2,1-4H3,(H,27,29). The lowest BCUT2D eigenvalue weighted by atomic mass is 10.0. The minimum absolute atomic E-state index is 0.0142. The first kappa shape index (κ1) is 25.8. The van der Waals surface area contributed by atoms with Crippen LogP contribution in [0.4, 0.5) is 14.5 Å². The van der Waals surface area contributed by atoms with Gasteiger partial charge in [0.05, 0.1) is 16.1 Å². The van der Waals surface area contributed by atoms with Crippen molar-refractivity contribution in [2.75, 3.05) is 18.4 Å². The van der Waals surface area contributed by atoms with Gasteiger partial charge in [0.2, 0.25) is 10.0 Å². The zero-order valence-corrected chi connectivity index (χ0v) is 20.3. The van der Waals surface area contributed by atoms with E-state index < -0.39 is 39.6 Å². The number of rotatable bonds is 6. The number of sulfonamides is 1. The molecule has 2 aromatic rings. The lowest BCUT2D eigenvalue weighted by Crippen LogP contribution is -2.38. The molecule has 10 heteroatoms. The summed E-state index contributed by atoms with van der Waals surface area (Å²) in [5.74, 6) is -3.03. The van der Waals surface area contributed by atoms with E-state index in [9.17, 15) is 26.8 Å². The predicted molar refractivity (Wildman–Crippen MR) is 123 cm³/mol. The molecule has 0 saturated carbocycles. The maximum absolute atomic E-state index is 13.8. The summed E-state index contributed by atoms with van der Waals surface area (Å²) in [7, 11) is -3.81. The molecule has 0 bridgehead atoms. The molecule has 184 valence electrons.